The molecule has 0 saturated carbocycles. The molecule has 0 bridgehead atoms. The summed E-state index contributed by atoms with van der Waals surface area (Å²) >= 11 is 0. The van der Waals surface area contributed by atoms with Gasteiger partial charge in [-0.05, 0) is 24.9 Å². The van der Waals surface area contributed by atoms with Crippen LogP contribution in [-0.2, 0) is 10.0 Å². The molecule has 0 aromatic heterocycles. The quantitative estimate of drug-likeness (QED) is 0.766. The van der Waals surface area contributed by atoms with E-state index < -0.39 is 10.0 Å². The van der Waals surface area contributed by atoms with Crippen LogP contribution in [-0.4, -0.2) is 27.8 Å². The summed E-state index contributed by atoms with van der Waals surface area (Å²) in [6.07, 6.45) is 0.990. The first-order valence-electron chi connectivity index (χ1n) is 6.64. The SMILES string of the molecule is CNS(=O)(=O)CCNC(CC(C)C)c1ccccc1. The van der Waals surface area contributed by atoms with Crippen LogP contribution in [0.25, 0.3) is 0 Å². The first kappa shape index (κ1) is 16.1. The van der Waals surface area contributed by atoms with E-state index in [0.29, 0.717) is 12.5 Å². The molecule has 1 rings (SSSR count). The van der Waals surface area contributed by atoms with E-state index in [0.717, 1.165) is 6.42 Å². The highest BCUT2D eigenvalue weighted by atomic mass is 32.2. The zero-order chi connectivity index (χ0) is 14.3. The second kappa shape index (κ2) is 7.62. The van der Waals surface area contributed by atoms with Gasteiger partial charge in [0.05, 0.1) is 5.75 Å². The van der Waals surface area contributed by atoms with Crippen molar-refractivity contribution in [2.75, 3.05) is 19.3 Å². The highest BCUT2D eigenvalue weighted by Crippen LogP contribution is 2.20. The Labute approximate surface area is 116 Å². The molecule has 1 atom stereocenters. The van der Waals surface area contributed by atoms with Crippen LogP contribution in [0.1, 0.15) is 31.9 Å². The van der Waals surface area contributed by atoms with E-state index in [1.807, 2.05) is 18.2 Å². The highest BCUT2D eigenvalue weighted by molar-refractivity contribution is 7.89. The summed E-state index contributed by atoms with van der Waals surface area (Å²) in [7, 11) is -1.70. The number of sulfonamides is 1. The number of hydrogen-bond acceptors (Lipinski definition) is 3. The van der Waals surface area contributed by atoms with Crippen LogP contribution in [0.5, 0.6) is 0 Å². The largest absolute Gasteiger partial charge is 0.309 e. The maximum absolute atomic E-state index is 11.4. The van der Waals surface area contributed by atoms with Gasteiger partial charge in [0.2, 0.25) is 10.0 Å². The van der Waals surface area contributed by atoms with E-state index >= 15 is 0 Å². The molecule has 0 radical (unpaired) electrons. The molecule has 1 unspecified atom stereocenters. The average Bonchev–Trinajstić information content (AvgIpc) is 2.38. The van der Waals surface area contributed by atoms with Crippen molar-refractivity contribution in [3.05, 3.63) is 35.9 Å². The van der Waals surface area contributed by atoms with Crippen LogP contribution in [0.2, 0.25) is 0 Å². The summed E-state index contributed by atoms with van der Waals surface area (Å²) in [5, 5.41) is 3.34. The molecule has 5 heteroatoms. The van der Waals surface area contributed by atoms with Gasteiger partial charge in [0, 0.05) is 12.6 Å². The minimum Gasteiger partial charge on any atom is -0.309 e. The Morgan fingerprint density at radius 2 is 1.79 bits per heavy atom. The van der Waals surface area contributed by atoms with Gasteiger partial charge in [-0.1, -0.05) is 44.2 Å². The van der Waals surface area contributed by atoms with E-state index in [1.54, 1.807) is 0 Å². The third-order valence-corrected chi connectivity index (χ3v) is 4.35. The third kappa shape index (κ3) is 6.18. The first-order valence-corrected chi connectivity index (χ1v) is 8.29. The van der Waals surface area contributed by atoms with Gasteiger partial charge in [0.1, 0.15) is 0 Å². The third-order valence-electron chi connectivity index (χ3n) is 2.98. The maximum Gasteiger partial charge on any atom is 0.212 e. The van der Waals surface area contributed by atoms with E-state index in [-0.39, 0.29) is 11.8 Å². The van der Waals surface area contributed by atoms with Crippen molar-refractivity contribution in [1.82, 2.24) is 10.0 Å². The van der Waals surface area contributed by atoms with Crippen LogP contribution in [0, 0.1) is 5.92 Å². The van der Waals surface area contributed by atoms with Crippen LogP contribution in [0.15, 0.2) is 30.3 Å². The molecular weight excluding hydrogens is 260 g/mol. The van der Waals surface area contributed by atoms with Crippen molar-refractivity contribution >= 4 is 10.0 Å². The standard InChI is InChI=1S/C14H24N2O2S/c1-12(2)11-14(13-7-5-4-6-8-13)16-9-10-19(17,18)15-3/h4-8,12,14-16H,9-11H2,1-3H3. The zero-order valence-electron chi connectivity index (χ0n) is 11.9. The Kier molecular flexibility index (Phi) is 6.48. The summed E-state index contributed by atoms with van der Waals surface area (Å²) in [4.78, 5) is 0. The summed E-state index contributed by atoms with van der Waals surface area (Å²) in [5.74, 6) is 0.656. The molecule has 1 aromatic rings. The molecule has 1 aromatic carbocycles. The van der Waals surface area contributed by atoms with Gasteiger partial charge in [-0.15, -0.1) is 0 Å². The fourth-order valence-electron chi connectivity index (χ4n) is 1.96. The fraction of sp³-hybridized carbons (Fsp3) is 0.571. The Hall–Kier alpha value is -0.910. The lowest BCUT2D eigenvalue weighted by Gasteiger charge is -2.21. The first-order chi connectivity index (χ1) is 8.94. The number of nitrogens with one attached hydrogen (secondary N) is 2. The summed E-state index contributed by atoms with van der Waals surface area (Å²) in [6, 6.07) is 10.4. The van der Waals surface area contributed by atoms with Crippen LogP contribution in [0.4, 0.5) is 0 Å². The predicted molar refractivity (Wildman–Crippen MR) is 79.5 cm³/mol. The van der Waals surface area contributed by atoms with Gasteiger partial charge < -0.3 is 5.32 Å². The molecule has 0 amide bonds. The summed E-state index contributed by atoms with van der Waals surface area (Å²) in [5.41, 5.74) is 1.21. The van der Waals surface area contributed by atoms with Crippen LogP contribution < -0.4 is 10.0 Å². The topological polar surface area (TPSA) is 58.2 Å². The molecule has 108 valence electrons. The van der Waals surface area contributed by atoms with Gasteiger partial charge in [0.15, 0.2) is 0 Å². The zero-order valence-corrected chi connectivity index (χ0v) is 12.7. The molecule has 2 N–H and O–H groups in total. The van der Waals surface area contributed by atoms with E-state index in [4.69, 9.17) is 0 Å². The Morgan fingerprint density at radius 3 is 2.32 bits per heavy atom. The second-order valence-corrected chi connectivity index (χ2v) is 7.12. The Balaban J connectivity index is 2.61. The molecule has 0 heterocycles. The smallest absolute Gasteiger partial charge is 0.212 e. The van der Waals surface area contributed by atoms with Gasteiger partial charge in [-0.25, -0.2) is 13.1 Å². The second-order valence-electron chi connectivity index (χ2n) is 5.07. The maximum atomic E-state index is 11.4. The average molecular weight is 284 g/mol. The van der Waals surface area contributed by atoms with Gasteiger partial charge in [-0.2, -0.15) is 0 Å². The molecule has 4 nitrogen and oxygen atoms in total. The fourth-order valence-corrected chi connectivity index (χ4v) is 2.55. The summed E-state index contributed by atoms with van der Waals surface area (Å²) < 4.78 is 25.1. The molecule has 0 aliphatic rings. The predicted octanol–water partition coefficient (Wildman–Crippen LogP) is 1.91. The number of benzene rings is 1. The van der Waals surface area contributed by atoms with Crippen molar-refractivity contribution in [2.45, 2.75) is 26.3 Å². The van der Waals surface area contributed by atoms with Crippen molar-refractivity contribution in [3.63, 3.8) is 0 Å². The van der Waals surface area contributed by atoms with Crippen molar-refractivity contribution in [3.8, 4) is 0 Å². The van der Waals surface area contributed by atoms with Gasteiger partial charge in [-0.3, -0.25) is 0 Å². The monoisotopic (exact) mass is 284 g/mol. The van der Waals surface area contributed by atoms with Crippen molar-refractivity contribution < 1.29 is 8.42 Å². The van der Waals surface area contributed by atoms with Crippen LogP contribution >= 0.6 is 0 Å². The molecule has 0 aliphatic heterocycles. The van der Waals surface area contributed by atoms with Crippen molar-refractivity contribution in [1.29, 1.82) is 0 Å². The minimum absolute atomic E-state index is 0.102. The van der Waals surface area contributed by atoms with E-state index in [2.05, 4.69) is 36.0 Å². The normalized spacial score (nSPS) is 13.7. The molecular formula is C14H24N2O2S. The molecule has 0 aliphatic carbocycles. The summed E-state index contributed by atoms with van der Waals surface area (Å²) in [6.45, 7) is 4.79. The lowest BCUT2D eigenvalue weighted by Crippen LogP contribution is -2.32. The molecule has 19 heavy (non-hydrogen) atoms. The number of rotatable bonds is 8. The number of hydrogen-bond donors (Lipinski definition) is 2. The van der Waals surface area contributed by atoms with E-state index in [9.17, 15) is 8.42 Å². The van der Waals surface area contributed by atoms with E-state index in [1.165, 1.54) is 12.6 Å². The minimum atomic E-state index is -3.14. The molecule has 0 spiro atoms. The van der Waals surface area contributed by atoms with Gasteiger partial charge in [0.25, 0.3) is 0 Å². The lowest BCUT2D eigenvalue weighted by atomic mass is 9.97. The van der Waals surface area contributed by atoms with Gasteiger partial charge >= 0.3 is 0 Å². The Morgan fingerprint density at radius 1 is 1.16 bits per heavy atom. The molecule has 0 saturated heterocycles. The lowest BCUT2D eigenvalue weighted by molar-refractivity contribution is 0.438. The Bertz CT molecular complexity index is 458. The highest BCUT2D eigenvalue weighted by Gasteiger charge is 2.14. The van der Waals surface area contributed by atoms with Crippen LogP contribution in [0.3, 0.4) is 0 Å². The van der Waals surface area contributed by atoms with Crippen molar-refractivity contribution in [2.24, 2.45) is 5.92 Å². The molecule has 0 fully saturated rings.